The van der Waals surface area contributed by atoms with E-state index in [-0.39, 0.29) is 0 Å². The molecule has 0 atom stereocenters. The molecule has 6 heteroatoms. The largest absolute Gasteiger partial charge is 0.295 e. The summed E-state index contributed by atoms with van der Waals surface area (Å²) in [5, 5.41) is 0. The molecule has 0 aliphatic carbocycles. The van der Waals surface area contributed by atoms with Gasteiger partial charge in [0.2, 0.25) is 10.0 Å². The van der Waals surface area contributed by atoms with Crippen LogP contribution in [-0.2, 0) is 29.7 Å². The van der Waals surface area contributed by atoms with Crippen molar-refractivity contribution in [3.63, 3.8) is 0 Å². The van der Waals surface area contributed by atoms with Crippen molar-refractivity contribution < 1.29 is 8.42 Å². The lowest BCUT2D eigenvalue weighted by Crippen LogP contribution is -2.32. The molecule has 0 spiro atoms. The summed E-state index contributed by atoms with van der Waals surface area (Å²) in [6, 6.07) is 34.2. The van der Waals surface area contributed by atoms with Gasteiger partial charge in [-0.2, -0.15) is 4.31 Å². The van der Waals surface area contributed by atoms with Crippen molar-refractivity contribution in [1.82, 2.24) is 9.21 Å². The first-order valence-electron chi connectivity index (χ1n) is 13.4. The highest BCUT2D eigenvalue weighted by Gasteiger charge is 2.24. The summed E-state index contributed by atoms with van der Waals surface area (Å²) in [7, 11) is -3.64. The molecule has 39 heavy (non-hydrogen) atoms. The summed E-state index contributed by atoms with van der Waals surface area (Å²) in [6.07, 6.45) is 1.68. The summed E-state index contributed by atoms with van der Waals surface area (Å²) in [5.74, 6) is 0. The second kappa shape index (κ2) is 14.0. The number of unbranched alkanes of at least 4 members (excludes halogenated alkanes) is 1. The van der Waals surface area contributed by atoms with Crippen LogP contribution in [0, 0.1) is 13.8 Å². The molecule has 204 valence electrons. The molecule has 0 heterocycles. The molecule has 0 aromatic heterocycles. The zero-order valence-corrected chi connectivity index (χ0v) is 25.2. The molecule has 0 radical (unpaired) electrons. The highest BCUT2D eigenvalue weighted by Crippen LogP contribution is 2.22. The summed E-state index contributed by atoms with van der Waals surface area (Å²) in [4.78, 5) is 2.77. The minimum absolute atomic E-state index is 0.324. The first-order chi connectivity index (χ1) is 18.8. The van der Waals surface area contributed by atoms with E-state index in [4.69, 9.17) is 0 Å². The second-order valence-electron chi connectivity index (χ2n) is 10.2. The average molecular weight is 606 g/mol. The van der Waals surface area contributed by atoms with Crippen LogP contribution in [0.25, 0.3) is 0 Å². The third kappa shape index (κ3) is 8.87. The topological polar surface area (TPSA) is 40.6 Å². The van der Waals surface area contributed by atoms with E-state index in [0.29, 0.717) is 18.0 Å². The lowest BCUT2D eigenvalue weighted by molar-refractivity contribution is 0.247. The number of hydrogen-bond acceptors (Lipinski definition) is 3. The third-order valence-electron chi connectivity index (χ3n) is 6.72. The van der Waals surface area contributed by atoms with Gasteiger partial charge in [-0.15, -0.1) is 0 Å². The number of nitrogens with zero attached hydrogens (tertiary/aromatic N) is 2. The summed E-state index contributed by atoms with van der Waals surface area (Å²) in [5.41, 5.74) is 5.86. The molecular formula is C33H37BrN2O2S. The maximum absolute atomic E-state index is 13.7. The Hall–Kier alpha value is -2.77. The Morgan fingerprint density at radius 2 is 1.13 bits per heavy atom. The van der Waals surface area contributed by atoms with Gasteiger partial charge in [-0.25, -0.2) is 8.42 Å². The zero-order valence-electron chi connectivity index (χ0n) is 22.8. The lowest BCUT2D eigenvalue weighted by atomic mass is 10.1. The maximum atomic E-state index is 13.7. The fraction of sp³-hybridized carbons (Fsp3) is 0.273. The standard InChI is InChI=1S/C33H37BrN2O2S/c1-27-21-28(2)23-31(22-27)26-36(39(37,38)33-17-15-32(34)16-18-33)20-10-9-19-35(24-29-11-5-3-6-12-29)25-30-13-7-4-8-14-30/h3-8,11-18,21-23H,9-10,19-20,24-26H2,1-2H3. The number of halogens is 1. The maximum Gasteiger partial charge on any atom is 0.243 e. The molecule has 0 aliphatic rings. The molecule has 4 aromatic carbocycles. The highest BCUT2D eigenvalue weighted by atomic mass is 79.9. The molecule has 4 nitrogen and oxygen atoms in total. The Morgan fingerprint density at radius 1 is 0.615 bits per heavy atom. The van der Waals surface area contributed by atoms with Crippen LogP contribution in [0.3, 0.4) is 0 Å². The van der Waals surface area contributed by atoms with E-state index in [0.717, 1.165) is 53.6 Å². The fourth-order valence-corrected chi connectivity index (χ4v) is 6.66. The second-order valence-corrected chi connectivity index (χ2v) is 13.0. The van der Waals surface area contributed by atoms with E-state index in [1.54, 1.807) is 28.6 Å². The first kappa shape index (κ1) is 29.2. The normalized spacial score (nSPS) is 11.8. The van der Waals surface area contributed by atoms with Crippen LogP contribution in [-0.4, -0.2) is 30.7 Å². The van der Waals surface area contributed by atoms with E-state index in [2.05, 4.69) is 101 Å². The van der Waals surface area contributed by atoms with Crippen molar-refractivity contribution in [2.75, 3.05) is 13.1 Å². The van der Waals surface area contributed by atoms with Crippen LogP contribution in [0.5, 0.6) is 0 Å². The van der Waals surface area contributed by atoms with E-state index < -0.39 is 10.0 Å². The van der Waals surface area contributed by atoms with Crippen LogP contribution < -0.4 is 0 Å². The smallest absolute Gasteiger partial charge is 0.243 e. The molecule has 0 saturated carbocycles. The molecule has 0 bridgehead atoms. The van der Waals surface area contributed by atoms with Gasteiger partial charge in [0, 0.05) is 30.7 Å². The predicted octanol–water partition coefficient (Wildman–Crippen LogP) is 7.74. The Bertz CT molecular complexity index is 1360. The summed E-state index contributed by atoms with van der Waals surface area (Å²) < 4.78 is 30.0. The van der Waals surface area contributed by atoms with Crippen molar-refractivity contribution in [2.45, 2.75) is 51.2 Å². The van der Waals surface area contributed by atoms with Crippen LogP contribution in [0.2, 0.25) is 0 Å². The Kier molecular flexibility index (Phi) is 10.5. The number of sulfonamides is 1. The number of hydrogen-bond donors (Lipinski definition) is 0. The Morgan fingerprint density at radius 3 is 1.67 bits per heavy atom. The van der Waals surface area contributed by atoms with Crippen molar-refractivity contribution in [3.05, 3.63) is 135 Å². The van der Waals surface area contributed by atoms with Crippen LogP contribution >= 0.6 is 15.9 Å². The average Bonchev–Trinajstić information content (AvgIpc) is 2.91. The quantitative estimate of drug-likeness (QED) is 0.147. The summed E-state index contributed by atoms with van der Waals surface area (Å²) >= 11 is 3.42. The van der Waals surface area contributed by atoms with Crippen LogP contribution in [0.1, 0.15) is 40.7 Å². The van der Waals surface area contributed by atoms with Crippen LogP contribution in [0.15, 0.2) is 112 Å². The zero-order chi connectivity index (χ0) is 27.7. The number of aryl methyl sites for hydroxylation is 2. The molecule has 0 unspecified atom stereocenters. The molecular weight excluding hydrogens is 568 g/mol. The van der Waals surface area contributed by atoms with Gasteiger partial charge in [0.05, 0.1) is 4.90 Å². The van der Waals surface area contributed by atoms with Crippen molar-refractivity contribution in [2.24, 2.45) is 0 Å². The van der Waals surface area contributed by atoms with E-state index >= 15 is 0 Å². The monoisotopic (exact) mass is 604 g/mol. The first-order valence-corrected chi connectivity index (χ1v) is 15.7. The summed E-state index contributed by atoms with van der Waals surface area (Å²) in [6.45, 7) is 7.54. The third-order valence-corrected chi connectivity index (χ3v) is 9.11. The van der Waals surface area contributed by atoms with Crippen molar-refractivity contribution >= 4 is 26.0 Å². The Balaban J connectivity index is 1.47. The molecule has 4 aromatic rings. The van der Waals surface area contributed by atoms with E-state index in [1.807, 2.05) is 12.1 Å². The molecule has 0 aliphatic heterocycles. The van der Waals surface area contributed by atoms with Crippen molar-refractivity contribution in [1.29, 1.82) is 0 Å². The molecule has 0 N–H and O–H groups in total. The molecule has 0 saturated heterocycles. The van der Waals surface area contributed by atoms with Gasteiger partial charge in [0.15, 0.2) is 0 Å². The lowest BCUT2D eigenvalue weighted by Gasteiger charge is -2.25. The van der Waals surface area contributed by atoms with Gasteiger partial charge >= 0.3 is 0 Å². The Labute approximate surface area is 242 Å². The van der Waals surface area contributed by atoms with Crippen molar-refractivity contribution in [3.8, 4) is 0 Å². The minimum atomic E-state index is -3.64. The van der Waals surface area contributed by atoms with Gasteiger partial charge in [-0.1, -0.05) is 106 Å². The highest BCUT2D eigenvalue weighted by molar-refractivity contribution is 9.10. The van der Waals surface area contributed by atoms with Gasteiger partial charge < -0.3 is 0 Å². The SMILES string of the molecule is Cc1cc(C)cc(CN(CCCCN(Cc2ccccc2)Cc2ccccc2)S(=O)(=O)c2ccc(Br)cc2)c1. The number of rotatable bonds is 13. The molecule has 0 amide bonds. The predicted molar refractivity (Wildman–Crippen MR) is 164 cm³/mol. The fourth-order valence-electron chi connectivity index (χ4n) is 4.92. The van der Waals surface area contributed by atoms with Gasteiger partial charge in [0.1, 0.15) is 0 Å². The van der Waals surface area contributed by atoms with E-state index in [9.17, 15) is 8.42 Å². The van der Waals surface area contributed by atoms with Gasteiger partial charge in [-0.3, -0.25) is 4.90 Å². The van der Waals surface area contributed by atoms with E-state index in [1.165, 1.54) is 11.1 Å². The van der Waals surface area contributed by atoms with Crippen LogP contribution in [0.4, 0.5) is 0 Å². The van der Waals surface area contributed by atoms with Gasteiger partial charge in [-0.05, 0) is 74.2 Å². The number of benzene rings is 4. The molecule has 4 rings (SSSR count). The molecule has 0 fully saturated rings. The minimum Gasteiger partial charge on any atom is -0.295 e. The van der Waals surface area contributed by atoms with Gasteiger partial charge in [0.25, 0.3) is 0 Å².